The molecule has 0 saturated carbocycles. The van der Waals surface area contributed by atoms with Crippen LogP contribution in [0.4, 0.5) is 0 Å². The average molecular weight is 142 g/mol. The number of rotatable bonds is 0. The molecule has 2 aromatic rings. The third-order valence-corrected chi connectivity index (χ3v) is 1.57. The minimum Gasteiger partial charge on any atom is -0.293 e. The molecule has 0 bridgehead atoms. The predicted molar refractivity (Wildman–Crippen MR) is 43.1 cm³/mol. The number of pyridine rings is 1. The van der Waals surface area contributed by atoms with E-state index in [0.717, 1.165) is 5.52 Å². The molecule has 2 nitrogen and oxygen atoms in total. The third kappa shape index (κ3) is 0.786. The van der Waals surface area contributed by atoms with Crippen LogP contribution in [0, 0.1) is 12.3 Å². The molecule has 0 N–H and O–H groups in total. The van der Waals surface area contributed by atoms with E-state index in [0.29, 0.717) is 5.82 Å². The van der Waals surface area contributed by atoms with Gasteiger partial charge in [-0.1, -0.05) is 6.07 Å². The quantitative estimate of drug-likeness (QED) is 0.507. The highest BCUT2D eigenvalue weighted by Gasteiger charge is 1.96. The Balaban J connectivity index is 2.89. The van der Waals surface area contributed by atoms with Gasteiger partial charge in [0, 0.05) is 6.20 Å². The number of imidazole rings is 1. The van der Waals surface area contributed by atoms with Gasteiger partial charge in [-0.2, -0.15) is 0 Å². The van der Waals surface area contributed by atoms with Crippen molar-refractivity contribution >= 4 is 5.52 Å². The summed E-state index contributed by atoms with van der Waals surface area (Å²) in [5.74, 6) is 3.16. The molecule has 2 heterocycles. The van der Waals surface area contributed by atoms with Gasteiger partial charge >= 0.3 is 0 Å². The van der Waals surface area contributed by atoms with Gasteiger partial charge in [-0.15, -0.1) is 6.42 Å². The van der Waals surface area contributed by atoms with Gasteiger partial charge in [-0.3, -0.25) is 4.40 Å². The first-order valence-corrected chi connectivity index (χ1v) is 3.30. The Hall–Kier alpha value is -1.75. The van der Waals surface area contributed by atoms with Crippen molar-refractivity contribution in [1.82, 2.24) is 9.38 Å². The third-order valence-electron chi connectivity index (χ3n) is 1.57. The molecule has 0 radical (unpaired) electrons. The van der Waals surface area contributed by atoms with Gasteiger partial charge < -0.3 is 0 Å². The lowest BCUT2D eigenvalue weighted by atomic mass is 10.4. The van der Waals surface area contributed by atoms with Crippen molar-refractivity contribution in [3.8, 4) is 12.3 Å². The van der Waals surface area contributed by atoms with Crippen molar-refractivity contribution in [3.05, 3.63) is 36.4 Å². The van der Waals surface area contributed by atoms with Crippen molar-refractivity contribution in [2.75, 3.05) is 0 Å². The molecule has 0 spiro atoms. The second-order valence-electron chi connectivity index (χ2n) is 2.22. The maximum Gasteiger partial charge on any atom is 0.189 e. The highest BCUT2D eigenvalue weighted by Crippen LogP contribution is 2.03. The lowest BCUT2D eigenvalue weighted by molar-refractivity contribution is 1.12. The van der Waals surface area contributed by atoms with E-state index in [2.05, 4.69) is 10.9 Å². The molecule has 0 amide bonds. The zero-order valence-electron chi connectivity index (χ0n) is 5.86. The Morgan fingerprint density at radius 3 is 3.18 bits per heavy atom. The number of aromatic nitrogens is 2. The van der Waals surface area contributed by atoms with Crippen LogP contribution in [-0.2, 0) is 0 Å². The number of fused-ring (bicyclic) bond motifs is 1. The number of hydrogen-bond donors (Lipinski definition) is 0. The Labute approximate surface area is 64.5 Å². The summed E-state index contributed by atoms with van der Waals surface area (Å²) in [5, 5.41) is 0. The molecule has 0 aliphatic rings. The van der Waals surface area contributed by atoms with Crippen molar-refractivity contribution in [3.63, 3.8) is 0 Å². The molecule has 11 heavy (non-hydrogen) atoms. The topological polar surface area (TPSA) is 17.3 Å². The zero-order valence-corrected chi connectivity index (χ0v) is 5.86. The molecule has 0 aliphatic heterocycles. The molecule has 2 aromatic heterocycles. The monoisotopic (exact) mass is 142 g/mol. The van der Waals surface area contributed by atoms with Crippen LogP contribution in [0.5, 0.6) is 0 Å². The van der Waals surface area contributed by atoms with Gasteiger partial charge in [0.1, 0.15) is 0 Å². The molecule has 0 fully saturated rings. The number of hydrogen-bond acceptors (Lipinski definition) is 1. The van der Waals surface area contributed by atoms with Crippen molar-refractivity contribution in [2.24, 2.45) is 0 Å². The maximum atomic E-state index is 5.23. The molecule has 0 atom stereocenters. The fourth-order valence-electron chi connectivity index (χ4n) is 1.05. The van der Waals surface area contributed by atoms with Crippen LogP contribution in [0.2, 0.25) is 0 Å². The lowest BCUT2D eigenvalue weighted by Gasteiger charge is -1.91. The Morgan fingerprint density at radius 2 is 2.36 bits per heavy atom. The predicted octanol–water partition coefficient (Wildman–Crippen LogP) is 1.32. The minimum atomic E-state index is 0.653. The average Bonchev–Trinajstić information content (AvgIpc) is 2.47. The second kappa shape index (κ2) is 2.14. The largest absolute Gasteiger partial charge is 0.293 e. The van der Waals surface area contributed by atoms with Crippen LogP contribution in [0.15, 0.2) is 30.6 Å². The van der Waals surface area contributed by atoms with Crippen LogP contribution in [-0.4, -0.2) is 9.38 Å². The molecular formula is C9H6N2. The van der Waals surface area contributed by atoms with E-state index in [1.807, 2.05) is 28.8 Å². The van der Waals surface area contributed by atoms with Gasteiger partial charge in [-0.05, 0) is 18.1 Å². The second-order valence-corrected chi connectivity index (χ2v) is 2.22. The van der Waals surface area contributed by atoms with Gasteiger partial charge in [0.05, 0.1) is 11.7 Å². The summed E-state index contributed by atoms with van der Waals surface area (Å²) in [6, 6.07) is 5.85. The van der Waals surface area contributed by atoms with Gasteiger partial charge in [0.2, 0.25) is 0 Å². The van der Waals surface area contributed by atoms with Gasteiger partial charge in [0.15, 0.2) is 5.82 Å². The van der Waals surface area contributed by atoms with E-state index < -0.39 is 0 Å². The first-order chi connectivity index (χ1) is 5.42. The summed E-state index contributed by atoms with van der Waals surface area (Å²) < 4.78 is 1.88. The Morgan fingerprint density at radius 1 is 1.45 bits per heavy atom. The molecule has 0 aliphatic carbocycles. The molecule has 2 rings (SSSR count). The van der Waals surface area contributed by atoms with E-state index in [1.54, 1.807) is 6.20 Å². The Bertz CT molecular complexity index is 420. The summed E-state index contributed by atoms with van der Waals surface area (Å²) in [6.45, 7) is 0. The summed E-state index contributed by atoms with van der Waals surface area (Å²) in [4.78, 5) is 4.04. The Kier molecular flexibility index (Phi) is 1.16. The van der Waals surface area contributed by atoms with Gasteiger partial charge in [0.25, 0.3) is 0 Å². The fourth-order valence-corrected chi connectivity index (χ4v) is 1.05. The fraction of sp³-hybridized carbons (Fsp3) is 0. The maximum absolute atomic E-state index is 5.23. The van der Waals surface area contributed by atoms with E-state index >= 15 is 0 Å². The smallest absolute Gasteiger partial charge is 0.189 e. The van der Waals surface area contributed by atoms with E-state index in [1.165, 1.54) is 0 Å². The highest BCUT2D eigenvalue weighted by atomic mass is 15.0. The summed E-state index contributed by atoms with van der Waals surface area (Å²) >= 11 is 0. The summed E-state index contributed by atoms with van der Waals surface area (Å²) in [6.07, 6.45) is 8.89. The normalized spacial score (nSPS) is 9.73. The van der Waals surface area contributed by atoms with Crippen molar-refractivity contribution in [2.45, 2.75) is 0 Å². The van der Waals surface area contributed by atoms with E-state index in [4.69, 9.17) is 6.42 Å². The van der Waals surface area contributed by atoms with Crippen LogP contribution in [0.25, 0.3) is 5.52 Å². The lowest BCUT2D eigenvalue weighted by Crippen LogP contribution is -1.86. The van der Waals surface area contributed by atoms with Crippen LogP contribution in [0.1, 0.15) is 5.82 Å². The zero-order chi connectivity index (χ0) is 7.68. The van der Waals surface area contributed by atoms with Crippen LogP contribution < -0.4 is 0 Å². The highest BCUT2D eigenvalue weighted by molar-refractivity contribution is 5.47. The molecular weight excluding hydrogens is 136 g/mol. The van der Waals surface area contributed by atoms with Crippen LogP contribution in [0.3, 0.4) is 0 Å². The van der Waals surface area contributed by atoms with Crippen LogP contribution >= 0.6 is 0 Å². The molecule has 0 unspecified atom stereocenters. The summed E-state index contributed by atoms with van der Waals surface area (Å²) in [7, 11) is 0. The van der Waals surface area contributed by atoms with Gasteiger partial charge in [-0.25, -0.2) is 4.98 Å². The summed E-state index contributed by atoms with van der Waals surface area (Å²) in [5.41, 5.74) is 1.03. The standard InChI is InChI=1S/C9H6N2/c1-2-9-10-7-8-5-3-4-6-11(8)9/h1,3-7H. The van der Waals surface area contributed by atoms with E-state index in [-0.39, 0.29) is 0 Å². The molecule has 2 heteroatoms. The molecule has 0 saturated heterocycles. The minimum absolute atomic E-state index is 0.653. The van der Waals surface area contributed by atoms with Crippen molar-refractivity contribution in [1.29, 1.82) is 0 Å². The first-order valence-electron chi connectivity index (χ1n) is 3.30. The molecule has 0 aromatic carbocycles. The van der Waals surface area contributed by atoms with E-state index in [9.17, 15) is 0 Å². The number of terminal acetylenes is 1. The SMILES string of the molecule is C#Cc1ncc2ccccn12. The molecule has 52 valence electrons. The number of nitrogens with zero attached hydrogens (tertiary/aromatic N) is 2. The first kappa shape index (κ1) is 5.99. The van der Waals surface area contributed by atoms with Crippen molar-refractivity contribution < 1.29 is 0 Å².